The summed E-state index contributed by atoms with van der Waals surface area (Å²) < 4.78 is 9.56. The third-order valence-electron chi connectivity index (χ3n) is 2.66. The summed E-state index contributed by atoms with van der Waals surface area (Å²) in [4.78, 5) is 21.2. The Morgan fingerprint density at radius 1 is 1.17 bits per heavy atom. The van der Waals surface area contributed by atoms with Gasteiger partial charge >= 0.3 is 5.97 Å². The van der Waals surface area contributed by atoms with Gasteiger partial charge in [-0.2, -0.15) is 0 Å². The summed E-state index contributed by atoms with van der Waals surface area (Å²) >= 11 is 0. The van der Waals surface area contributed by atoms with Crippen LogP contribution in [0.1, 0.15) is 58.3 Å². The molecule has 0 aliphatic heterocycles. The molecule has 0 saturated heterocycles. The number of hydrogen-bond donors (Lipinski definition) is 0. The molecule has 0 bridgehead atoms. The lowest BCUT2D eigenvalue weighted by molar-refractivity contribution is -0.176. The van der Waals surface area contributed by atoms with Gasteiger partial charge in [-0.1, -0.05) is 52.0 Å². The highest BCUT2D eigenvalue weighted by Crippen LogP contribution is 2.11. The van der Waals surface area contributed by atoms with Crippen molar-refractivity contribution in [1.82, 2.24) is 0 Å². The molecular weight excluding hydrogens is 232 g/mol. The Kier molecular flexibility index (Phi) is 11.3. The number of esters is 1. The SMILES string of the molecule is C=CC(=O)OC(CCCCCCCCC)OC=O. The van der Waals surface area contributed by atoms with E-state index in [2.05, 4.69) is 18.2 Å². The fraction of sp³-hybridized carbons (Fsp3) is 0.714. The molecule has 0 rings (SSSR count). The topological polar surface area (TPSA) is 52.6 Å². The first-order valence-corrected chi connectivity index (χ1v) is 6.66. The number of hydrogen-bond acceptors (Lipinski definition) is 4. The molecule has 4 nitrogen and oxygen atoms in total. The van der Waals surface area contributed by atoms with Gasteiger partial charge in [0.2, 0.25) is 6.29 Å². The third-order valence-corrected chi connectivity index (χ3v) is 2.66. The van der Waals surface area contributed by atoms with E-state index in [1.165, 1.54) is 32.1 Å². The maximum atomic E-state index is 11.0. The van der Waals surface area contributed by atoms with Crippen LogP contribution in [0.2, 0.25) is 0 Å². The highest BCUT2D eigenvalue weighted by molar-refractivity contribution is 5.81. The predicted molar refractivity (Wildman–Crippen MR) is 69.8 cm³/mol. The van der Waals surface area contributed by atoms with Crippen LogP contribution in [0.5, 0.6) is 0 Å². The molecule has 0 aromatic carbocycles. The van der Waals surface area contributed by atoms with Crippen LogP contribution in [0.4, 0.5) is 0 Å². The molecule has 0 aliphatic rings. The van der Waals surface area contributed by atoms with Crippen molar-refractivity contribution in [3.8, 4) is 0 Å². The Bertz CT molecular complexity index is 238. The number of carbonyl (C=O) groups excluding carboxylic acids is 2. The lowest BCUT2D eigenvalue weighted by atomic mass is 10.1. The normalized spacial score (nSPS) is 11.6. The van der Waals surface area contributed by atoms with E-state index in [9.17, 15) is 9.59 Å². The maximum Gasteiger partial charge on any atom is 0.333 e. The molecule has 4 heteroatoms. The second-order valence-corrected chi connectivity index (χ2v) is 4.21. The maximum absolute atomic E-state index is 11.0. The molecule has 104 valence electrons. The van der Waals surface area contributed by atoms with Crippen molar-refractivity contribution in [2.75, 3.05) is 0 Å². The zero-order chi connectivity index (χ0) is 13.6. The molecule has 0 spiro atoms. The van der Waals surface area contributed by atoms with Gasteiger partial charge in [0.25, 0.3) is 6.47 Å². The van der Waals surface area contributed by atoms with Gasteiger partial charge in [-0.05, 0) is 6.42 Å². The second kappa shape index (κ2) is 12.1. The highest BCUT2D eigenvalue weighted by Gasteiger charge is 2.12. The first kappa shape index (κ1) is 16.7. The van der Waals surface area contributed by atoms with E-state index in [1.54, 1.807) is 0 Å². The monoisotopic (exact) mass is 256 g/mol. The van der Waals surface area contributed by atoms with Gasteiger partial charge < -0.3 is 9.47 Å². The van der Waals surface area contributed by atoms with Gasteiger partial charge in [0.15, 0.2) is 0 Å². The molecule has 18 heavy (non-hydrogen) atoms. The summed E-state index contributed by atoms with van der Waals surface area (Å²) in [5, 5.41) is 0. The average Bonchev–Trinajstić information content (AvgIpc) is 2.37. The smallest absolute Gasteiger partial charge is 0.333 e. The van der Waals surface area contributed by atoms with E-state index in [0.717, 1.165) is 18.9 Å². The molecule has 0 N–H and O–H groups in total. The van der Waals surface area contributed by atoms with Crippen LogP contribution in [0.15, 0.2) is 12.7 Å². The van der Waals surface area contributed by atoms with Crippen LogP contribution in [-0.2, 0) is 19.1 Å². The number of carbonyl (C=O) groups is 2. The van der Waals surface area contributed by atoms with E-state index < -0.39 is 12.3 Å². The van der Waals surface area contributed by atoms with Crippen LogP contribution in [0.25, 0.3) is 0 Å². The van der Waals surface area contributed by atoms with Crippen molar-refractivity contribution in [1.29, 1.82) is 0 Å². The Morgan fingerprint density at radius 3 is 2.33 bits per heavy atom. The number of rotatable bonds is 12. The van der Waals surface area contributed by atoms with Crippen molar-refractivity contribution in [2.45, 2.75) is 64.6 Å². The van der Waals surface area contributed by atoms with Gasteiger partial charge in [-0.25, -0.2) is 4.79 Å². The third kappa shape index (κ3) is 9.87. The second-order valence-electron chi connectivity index (χ2n) is 4.21. The summed E-state index contributed by atoms with van der Waals surface area (Å²) in [6, 6.07) is 0. The lowest BCUT2D eigenvalue weighted by Gasteiger charge is -2.14. The first-order chi connectivity index (χ1) is 8.74. The first-order valence-electron chi connectivity index (χ1n) is 6.66. The minimum Gasteiger partial charge on any atom is -0.427 e. The highest BCUT2D eigenvalue weighted by atomic mass is 16.7. The predicted octanol–water partition coefficient (Wildman–Crippen LogP) is 3.36. The Morgan fingerprint density at radius 2 is 1.78 bits per heavy atom. The molecule has 0 fully saturated rings. The largest absolute Gasteiger partial charge is 0.427 e. The molecule has 0 aromatic rings. The zero-order valence-electron chi connectivity index (χ0n) is 11.2. The Balaban J connectivity index is 3.60. The fourth-order valence-corrected chi connectivity index (χ4v) is 1.66. The van der Waals surface area contributed by atoms with E-state index in [0.29, 0.717) is 12.9 Å². The summed E-state index contributed by atoms with van der Waals surface area (Å²) in [6.45, 7) is 5.79. The van der Waals surface area contributed by atoms with E-state index in [-0.39, 0.29) is 0 Å². The standard InChI is InChI=1S/C14H24O4/c1-3-5-6-7-8-9-10-11-14(17-12-15)18-13(16)4-2/h4,12,14H,2-3,5-11H2,1H3. The van der Waals surface area contributed by atoms with Crippen molar-refractivity contribution in [3.63, 3.8) is 0 Å². The van der Waals surface area contributed by atoms with Crippen LogP contribution < -0.4 is 0 Å². The molecule has 0 aromatic heterocycles. The summed E-state index contributed by atoms with van der Waals surface area (Å²) in [6.07, 6.45) is 8.99. The quantitative estimate of drug-likeness (QED) is 0.177. The van der Waals surface area contributed by atoms with Crippen molar-refractivity contribution in [2.24, 2.45) is 0 Å². The van der Waals surface area contributed by atoms with Crippen LogP contribution in [0.3, 0.4) is 0 Å². The van der Waals surface area contributed by atoms with Crippen LogP contribution >= 0.6 is 0 Å². The number of ether oxygens (including phenoxy) is 2. The van der Waals surface area contributed by atoms with Crippen LogP contribution in [0, 0.1) is 0 Å². The minimum absolute atomic E-state index is 0.308. The summed E-state index contributed by atoms with van der Waals surface area (Å²) in [5.41, 5.74) is 0. The van der Waals surface area contributed by atoms with Gasteiger partial charge in [0.1, 0.15) is 0 Å². The molecule has 0 aliphatic carbocycles. The van der Waals surface area contributed by atoms with Crippen molar-refractivity contribution >= 4 is 12.4 Å². The molecule has 0 heterocycles. The summed E-state index contributed by atoms with van der Waals surface area (Å²) in [7, 11) is 0. The average molecular weight is 256 g/mol. The fourth-order valence-electron chi connectivity index (χ4n) is 1.66. The number of unbranched alkanes of at least 4 members (excludes halogenated alkanes) is 6. The van der Waals surface area contributed by atoms with Crippen LogP contribution in [-0.4, -0.2) is 18.7 Å². The Labute approximate surface area is 109 Å². The van der Waals surface area contributed by atoms with E-state index in [1.807, 2.05) is 0 Å². The molecule has 1 atom stereocenters. The van der Waals surface area contributed by atoms with Crippen molar-refractivity contribution in [3.05, 3.63) is 12.7 Å². The molecule has 1 unspecified atom stereocenters. The van der Waals surface area contributed by atoms with Gasteiger partial charge in [0.05, 0.1) is 0 Å². The van der Waals surface area contributed by atoms with Crippen molar-refractivity contribution < 1.29 is 19.1 Å². The molecule has 0 saturated carbocycles. The Hall–Kier alpha value is -1.32. The minimum atomic E-state index is -0.774. The van der Waals surface area contributed by atoms with Gasteiger partial charge in [-0.3, -0.25) is 4.79 Å². The molecule has 0 amide bonds. The molecular formula is C14H24O4. The summed E-state index contributed by atoms with van der Waals surface area (Å²) in [5.74, 6) is -0.565. The lowest BCUT2D eigenvalue weighted by Crippen LogP contribution is -2.19. The van der Waals surface area contributed by atoms with E-state index >= 15 is 0 Å². The zero-order valence-corrected chi connectivity index (χ0v) is 11.2. The van der Waals surface area contributed by atoms with Gasteiger partial charge in [0, 0.05) is 12.5 Å². The molecule has 0 radical (unpaired) electrons. The van der Waals surface area contributed by atoms with Gasteiger partial charge in [-0.15, -0.1) is 0 Å². The van der Waals surface area contributed by atoms with E-state index in [4.69, 9.17) is 4.74 Å².